The van der Waals surface area contributed by atoms with Gasteiger partial charge in [-0.25, -0.2) is 4.39 Å². The zero-order chi connectivity index (χ0) is 13.4. The molecule has 1 aromatic heterocycles. The van der Waals surface area contributed by atoms with Crippen molar-refractivity contribution in [2.45, 2.75) is 0 Å². The molecule has 0 fully saturated rings. The lowest BCUT2D eigenvalue weighted by molar-refractivity contribution is 0.100. The lowest BCUT2D eigenvalue weighted by atomic mass is 10.00. The van der Waals surface area contributed by atoms with Gasteiger partial charge in [0.25, 0.3) is 5.91 Å². The molecule has 3 N–H and O–H groups in total. The number of fused-ring (bicyclic) bond motifs is 1. The molecule has 3 rings (SSSR count). The van der Waals surface area contributed by atoms with Crippen LogP contribution in [0.1, 0.15) is 10.4 Å². The Morgan fingerprint density at radius 1 is 1.16 bits per heavy atom. The Bertz CT molecular complexity index is 777. The molecular weight excluding hydrogens is 243 g/mol. The number of halogens is 1. The van der Waals surface area contributed by atoms with Gasteiger partial charge in [-0.3, -0.25) is 4.79 Å². The summed E-state index contributed by atoms with van der Waals surface area (Å²) in [6, 6.07) is 11.7. The van der Waals surface area contributed by atoms with Crippen molar-refractivity contribution in [2.24, 2.45) is 5.73 Å². The van der Waals surface area contributed by atoms with Crippen molar-refractivity contribution >= 4 is 16.8 Å². The van der Waals surface area contributed by atoms with Gasteiger partial charge < -0.3 is 10.7 Å². The van der Waals surface area contributed by atoms with Crippen LogP contribution in [-0.2, 0) is 0 Å². The predicted octanol–water partition coefficient (Wildman–Crippen LogP) is 3.07. The molecule has 0 saturated heterocycles. The molecule has 2 aromatic carbocycles. The second-order valence-electron chi connectivity index (χ2n) is 4.31. The molecule has 1 amide bonds. The van der Waals surface area contributed by atoms with Crippen molar-refractivity contribution in [1.82, 2.24) is 4.98 Å². The summed E-state index contributed by atoms with van der Waals surface area (Å²) in [5, 5.41) is 0.828. The summed E-state index contributed by atoms with van der Waals surface area (Å²) >= 11 is 0. The minimum Gasteiger partial charge on any atom is -0.366 e. The molecule has 0 radical (unpaired) electrons. The van der Waals surface area contributed by atoms with E-state index in [1.807, 2.05) is 12.1 Å². The number of carbonyl (C=O) groups is 1. The Hall–Kier alpha value is -2.62. The number of aromatic nitrogens is 1. The maximum atomic E-state index is 13.8. The summed E-state index contributed by atoms with van der Waals surface area (Å²) in [6.07, 6.45) is 1.72. The molecule has 0 atom stereocenters. The fourth-order valence-electron chi connectivity index (χ4n) is 2.22. The summed E-state index contributed by atoms with van der Waals surface area (Å²) < 4.78 is 13.8. The van der Waals surface area contributed by atoms with E-state index in [1.165, 1.54) is 6.07 Å². The van der Waals surface area contributed by atoms with Gasteiger partial charge in [-0.2, -0.15) is 0 Å². The SMILES string of the molecule is NC(=O)c1cc(-c2ccccc2F)cc2cc[nH]c12. The van der Waals surface area contributed by atoms with Gasteiger partial charge in [-0.1, -0.05) is 18.2 Å². The number of hydrogen-bond acceptors (Lipinski definition) is 1. The fourth-order valence-corrected chi connectivity index (χ4v) is 2.22. The lowest BCUT2D eigenvalue weighted by Crippen LogP contribution is -2.11. The van der Waals surface area contributed by atoms with Crippen LogP contribution in [0.4, 0.5) is 4.39 Å². The maximum absolute atomic E-state index is 13.8. The van der Waals surface area contributed by atoms with Crippen LogP contribution in [-0.4, -0.2) is 10.9 Å². The lowest BCUT2D eigenvalue weighted by Gasteiger charge is -2.06. The molecule has 0 unspecified atom stereocenters. The van der Waals surface area contributed by atoms with Gasteiger partial charge in [0, 0.05) is 17.1 Å². The van der Waals surface area contributed by atoms with Crippen LogP contribution in [0, 0.1) is 5.82 Å². The molecule has 0 aliphatic rings. The van der Waals surface area contributed by atoms with E-state index in [-0.39, 0.29) is 5.82 Å². The maximum Gasteiger partial charge on any atom is 0.250 e. The Balaban J connectivity index is 2.31. The summed E-state index contributed by atoms with van der Waals surface area (Å²) in [6.45, 7) is 0. The van der Waals surface area contributed by atoms with E-state index in [0.717, 1.165) is 5.39 Å². The molecular formula is C15H11FN2O. The number of primary amides is 1. The average molecular weight is 254 g/mol. The summed E-state index contributed by atoms with van der Waals surface area (Å²) in [5.41, 5.74) is 7.50. The first-order valence-corrected chi connectivity index (χ1v) is 5.82. The van der Waals surface area contributed by atoms with Gasteiger partial charge in [-0.05, 0) is 29.8 Å². The van der Waals surface area contributed by atoms with Crippen LogP contribution in [0.2, 0.25) is 0 Å². The average Bonchev–Trinajstić information content (AvgIpc) is 2.86. The first-order chi connectivity index (χ1) is 9.16. The molecule has 4 heteroatoms. The molecule has 0 bridgehead atoms. The van der Waals surface area contributed by atoms with Gasteiger partial charge >= 0.3 is 0 Å². The summed E-state index contributed by atoms with van der Waals surface area (Å²) in [7, 11) is 0. The molecule has 94 valence electrons. The van der Waals surface area contributed by atoms with Gasteiger partial charge in [0.15, 0.2) is 0 Å². The highest BCUT2D eigenvalue weighted by Crippen LogP contribution is 2.28. The Morgan fingerprint density at radius 2 is 1.95 bits per heavy atom. The third-order valence-corrected chi connectivity index (χ3v) is 3.11. The van der Waals surface area contributed by atoms with E-state index in [0.29, 0.717) is 22.2 Å². The molecule has 0 saturated carbocycles. The van der Waals surface area contributed by atoms with Crippen LogP contribution in [0.5, 0.6) is 0 Å². The Morgan fingerprint density at radius 3 is 2.68 bits per heavy atom. The van der Waals surface area contributed by atoms with Crippen LogP contribution >= 0.6 is 0 Å². The highest BCUT2D eigenvalue weighted by molar-refractivity contribution is 6.06. The van der Waals surface area contributed by atoms with E-state index in [9.17, 15) is 9.18 Å². The van der Waals surface area contributed by atoms with Crippen LogP contribution in [0.25, 0.3) is 22.0 Å². The standard InChI is InChI=1S/C15H11FN2O/c16-13-4-2-1-3-11(13)10-7-9-5-6-18-14(9)12(8-10)15(17)19/h1-8,18H,(H2,17,19). The number of nitrogens with one attached hydrogen (secondary N) is 1. The first kappa shape index (κ1) is 11.5. The normalized spacial score (nSPS) is 10.8. The van der Waals surface area contributed by atoms with Crippen molar-refractivity contribution in [2.75, 3.05) is 0 Å². The summed E-state index contributed by atoms with van der Waals surface area (Å²) in [4.78, 5) is 14.5. The third-order valence-electron chi connectivity index (χ3n) is 3.11. The second kappa shape index (κ2) is 4.24. The molecule has 0 aliphatic heterocycles. The van der Waals surface area contributed by atoms with Crippen molar-refractivity contribution in [3.05, 3.63) is 60.0 Å². The van der Waals surface area contributed by atoms with E-state index in [2.05, 4.69) is 4.98 Å². The van der Waals surface area contributed by atoms with E-state index >= 15 is 0 Å². The number of H-pyrrole nitrogens is 1. The molecule has 3 aromatic rings. The zero-order valence-corrected chi connectivity index (χ0v) is 9.98. The first-order valence-electron chi connectivity index (χ1n) is 5.82. The monoisotopic (exact) mass is 254 g/mol. The van der Waals surface area contributed by atoms with Crippen molar-refractivity contribution in [1.29, 1.82) is 0 Å². The van der Waals surface area contributed by atoms with E-state index in [1.54, 1.807) is 30.5 Å². The molecule has 19 heavy (non-hydrogen) atoms. The second-order valence-corrected chi connectivity index (χ2v) is 4.31. The Kier molecular flexibility index (Phi) is 2.56. The fraction of sp³-hybridized carbons (Fsp3) is 0. The molecule has 0 spiro atoms. The van der Waals surface area contributed by atoms with Crippen molar-refractivity contribution in [3.8, 4) is 11.1 Å². The number of amides is 1. The van der Waals surface area contributed by atoms with Gasteiger partial charge in [-0.15, -0.1) is 0 Å². The third kappa shape index (κ3) is 1.87. The van der Waals surface area contributed by atoms with Crippen LogP contribution in [0.15, 0.2) is 48.7 Å². The van der Waals surface area contributed by atoms with Crippen molar-refractivity contribution in [3.63, 3.8) is 0 Å². The molecule has 3 nitrogen and oxygen atoms in total. The zero-order valence-electron chi connectivity index (χ0n) is 9.98. The number of rotatable bonds is 2. The number of carbonyl (C=O) groups excluding carboxylic acids is 1. The highest BCUT2D eigenvalue weighted by Gasteiger charge is 2.12. The number of nitrogens with two attached hydrogens (primary N) is 1. The van der Waals surface area contributed by atoms with E-state index < -0.39 is 5.91 Å². The molecule has 1 heterocycles. The van der Waals surface area contributed by atoms with Gasteiger partial charge in [0.2, 0.25) is 0 Å². The topological polar surface area (TPSA) is 58.9 Å². The molecule has 0 aliphatic carbocycles. The number of hydrogen-bond donors (Lipinski definition) is 2. The number of aromatic amines is 1. The van der Waals surface area contributed by atoms with Crippen molar-refractivity contribution < 1.29 is 9.18 Å². The summed E-state index contributed by atoms with van der Waals surface area (Å²) in [5.74, 6) is -0.863. The predicted molar refractivity (Wildman–Crippen MR) is 72.2 cm³/mol. The minimum absolute atomic E-state index is 0.326. The Labute approximate surface area is 108 Å². The van der Waals surface area contributed by atoms with Gasteiger partial charge in [0.05, 0.1) is 11.1 Å². The number of benzene rings is 2. The largest absolute Gasteiger partial charge is 0.366 e. The minimum atomic E-state index is -0.536. The van der Waals surface area contributed by atoms with Crippen LogP contribution < -0.4 is 5.73 Å². The van der Waals surface area contributed by atoms with E-state index in [4.69, 9.17) is 5.73 Å². The van der Waals surface area contributed by atoms with Gasteiger partial charge in [0.1, 0.15) is 5.82 Å². The highest BCUT2D eigenvalue weighted by atomic mass is 19.1. The quantitative estimate of drug-likeness (QED) is 0.725. The van der Waals surface area contributed by atoms with Crippen LogP contribution in [0.3, 0.4) is 0 Å². The smallest absolute Gasteiger partial charge is 0.250 e.